The van der Waals surface area contributed by atoms with Gasteiger partial charge in [0.15, 0.2) is 11.6 Å². The van der Waals surface area contributed by atoms with E-state index in [4.69, 9.17) is 0 Å². The van der Waals surface area contributed by atoms with Crippen LogP contribution in [0.1, 0.15) is 23.1 Å². The number of urea groups is 1. The molecule has 0 spiro atoms. The lowest BCUT2D eigenvalue weighted by atomic mass is 10.1. The van der Waals surface area contributed by atoms with E-state index in [0.29, 0.717) is 30.0 Å². The molecular weight excluding hydrogens is 270 g/mol. The van der Waals surface area contributed by atoms with Crippen LogP contribution in [-0.4, -0.2) is 33.1 Å². The molecule has 0 aliphatic rings. The maximum Gasteiger partial charge on any atom is 0.319 e. The standard InChI is InChI=1S/C14H17N5O2/c1-10(20)11-3-5-12(6-4-11)17-14(21)15-8-7-13-16-9-19(2)18-13/h3-6,9H,7-8H2,1-2H3,(H2,15,17,21). The van der Waals surface area contributed by atoms with E-state index in [0.717, 1.165) is 0 Å². The van der Waals surface area contributed by atoms with Gasteiger partial charge in [-0.3, -0.25) is 9.48 Å². The molecule has 0 saturated heterocycles. The summed E-state index contributed by atoms with van der Waals surface area (Å²) in [7, 11) is 1.79. The Morgan fingerprint density at radius 3 is 2.52 bits per heavy atom. The molecule has 1 heterocycles. The maximum absolute atomic E-state index is 11.7. The Labute approximate surface area is 122 Å². The zero-order chi connectivity index (χ0) is 15.2. The van der Waals surface area contributed by atoms with E-state index in [1.54, 1.807) is 42.3 Å². The first-order valence-corrected chi connectivity index (χ1v) is 6.55. The summed E-state index contributed by atoms with van der Waals surface area (Å²) in [6, 6.07) is 6.43. The number of ketones is 1. The van der Waals surface area contributed by atoms with Gasteiger partial charge in [0.05, 0.1) is 0 Å². The molecule has 2 N–H and O–H groups in total. The molecule has 2 amide bonds. The van der Waals surface area contributed by atoms with Crippen molar-refractivity contribution in [2.45, 2.75) is 13.3 Å². The minimum absolute atomic E-state index is 0.00568. The summed E-state index contributed by atoms with van der Waals surface area (Å²) in [5.41, 5.74) is 1.25. The van der Waals surface area contributed by atoms with Crippen molar-refractivity contribution in [3.05, 3.63) is 42.0 Å². The van der Waals surface area contributed by atoms with E-state index in [1.807, 2.05) is 0 Å². The van der Waals surface area contributed by atoms with E-state index < -0.39 is 0 Å². The zero-order valence-electron chi connectivity index (χ0n) is 12.0. The van der Waals surface area contributed by atoms with Crippen molar-refractivity contribution in [3.63, 3.8) is 0 Å². The minimum atomic E-state index is -0.304. The smallest absolute Gasteiger partial charge is 0.319 e. The highest BCUT2D eigenvalue weighted by atomic mass is 16.2. The average Bonchev–Trinajstić information content (AvgIpc) is 2.85. The van der Waals surface area contributed by atoms with Gasteiger partial charge >= 0.3 is 6.03 Å². The molecule has 0 radical (unpaired) electrons. The maximum atomic E-state index is 11.7. The Morgan fingerprint density at radius 1 is 1.24 bits per heavy atom. The van der Waals surface area contributed by atoms with Gasteiger partial charge in [0.1, 0.15) is 6.33 Å². The summed E-state index contributed by atoms with van der Waals surface area (Å²) in [4.78, 5) is 26.9. The first-order chi connectivity index (χ1) is 10.0. The topological polar surface area (TPSA) is 88.9 Å². The van der Waals surface area contributed by atoms with E-state index >= 15 is 0 Å². The SMILES string of the molecule is CC(=O)c1ccc(NC(=O)NCCc2ncn(C)n2)cc1. The van der Waals surface area contributed by atoms with Crippen LogP contribution in [0.25, 0.3) is 0 Å². The van der Waals surface area contributed by atoms with Crippen LogP contribution in [0.3, 0.4) is 0 Å². The van der Waals surface area contributed by atoms with E-state index in [1.165, 1.54) is 6.92 Å². The van der Waals surface area contributed by atoms with Crippen LogP contribution < -0.4 is 10.6 Å². The summed E-state index contributed by atoms with van der Waals surface area (Å²) in [5, 5.41) is 9.53. The second-order valence-electron chi connectivity index (χ2n) is 4.60. The van der Waals surface area contributed by atoms with Gasteiger partial charge in [-0.2, -0.15) is 5.10 Å². The van der Waals surface area contributed by atoms with Crippen molar-refractivity contribution < 1.29 is 9.59 Å². The third kappa shape index (κ3) is 4.41. The van der Waals surface area contributed by atoms with Crippen LogP contribution >= 0.6 is 0 Å². The Bertz CT molecular complexity index is 633. The molecule has 0 unspecified atom stereocenters. The Kier molecular flexibility index (Phi) is 4.65. The molecule has 0 fully saturated rings. The molecule has 0 aliphatic carbocycles. The van der Waals surface area contributed by atoms with Crippen molar-refractivity contribution in [2.24, 2.45) is 7.05 Å². The number of rotatable bonds is 5. The number of hydrogen-bond acceptors (Lipinski definition) is 4. The second-order valence-corrected chi connectivity index (χ2v) is 4.60. The first-order valence-electron chi connectivity index (χ1n) is 6.55. The number of carbonyl (C=O) groups excluding carboxylic acids is 2. The molecule has 1 aromatic carbocycles. The van der Waals surface area contributed by atoms with Crippen molar-refractivity contribution in [1.29, 1.82) is 0 Å². The molecule has 0 aliphatic heterocycles. The average molecular weight is 287 g/mol. The van der Waals surface area contributed by atoms with Crippen molar-refractivity contribution in [1.82, 2.24) is 20.1 Å². The summed E-state index contributed by atoms with van der Waals surface area (Å²) < 4.78 is 1.62. The molecule has 1 aromatic heterocycles. The Morgan fingerprint density at radius 2 is 1.95 bits per heavy atom. The molecule has 0 saturated carbocycles. The zero-order valence-corrected chi connectivity index (χ0v) is 12.0. The minimum Gasteiger partial charge on any atom is -0.337 e. The molecule has 2 aromatic rings. The number of nitrogens with zero attached hydrogens (tertiary/aromatic N) is 3. The predicted molar refractivity (Wildman–Crippen MR) is 78.2 cm³/mol. The first kappa shape index (κ1) is 14.7. The number of aryl methyl sites for hydroxylation is 1. The summed E-state index contributed by atoms with van der Waals surface area (Å²) in [5.74, 6) is 0.678. The van der Waals surface area contributed by atoms with Crippen molar-refractivity contribution >= 4 is 17.5 Å². The fourth-order valence-corrected chi connectivity index (χ4v) is 1.75. The molecule has 7 nitrogen and oxygen atoms in total. The number of carbonyl (C=O) groups is 2. The molecule has 21 heavy (non-hydrogen) atoms. The fraction of sp³-hybridized carbons (Fsp3) is 0.286. The number of hydrogen-bond donors (Lipinski definition) is 2. The largest absolute Gasteiger partial charge is 0.337 e. The highest BCUT2D eigenvalue weighted by molar-refractivity contribution is 5.95. The monoisotopic (exact) mass is 287 g/mol. The van der Waals surface area contributed by atoms with Crippen LogP contribution in [0.5, 0.6) is 0 Å². The van der Waals surface area contributed by atoms with Crippen LogP contribution in [0.2, 0.25) is 0 Å². The highest BCUT2D eigenvalue weighted by Gasteiger charge is 2.04. The molecule has 110 valence electrons. The van der Waals surface area contributed by atoms with Crippen LogP contribution in [0.4, 0.5) is 10.5 Å². The fourth-order valence-electron chi connectivity index (χ4n) is 1.75. The highest BCUT2D eigenvalue weighted by Crippen LogP contribution is 2.09. The Hall–Kier alpha value is -2.70. The molecule has 0 atom stereocenters. The van der Waals surface area contributed by atoms with Crippen molar-refractivity contribution in [2.75, 3.05) is 11.9 Å². The Balaban J connectivity index is 1.77. The molecule has 0 bridgehead atoms. The van der Waals surface area contributed by atoms with Gasteiger partial charge < -0.3 is 10.6 Å². The van der Waals surface area contributed by atoms with Gasteiger partial charge in [-0.25, -0.2) is 9.78 Å². The summed E-state index contributed by atoms with van der Waals surface area (Å²) in [6.07, 6.45) is 2.18. The lowest BCUT2D eigenvalue weighted by Gasteiger charge is -2.07. The number of Topliss-reactive ketones (excluding diaryl/α,β-unsaturated/α-hetero) is 1. The van der Waals surface area contributed by atoms with Gasteiger partial charge in [-0.15, -0.1) is 0 Å². The normalized spacial score (nSPS) is 10.2. The third-order valence-corrected chi connectivity index (χ3v) is 2.83. The van der Waals surface area contributed by atoms with Crippen LogP contribution in [0.15, 0.2) is 30.6 Å². The predicted octanol–water partition coefficient (Wildman–Crippen LogP) is 1.38. The van der Waals surface area contributed by atoms with Gasteiger partial charge in [0.2, 0.25) is 0 Å². The van der Waals surface area contributed by atoms with Gasteiger partial charge in [0.25, 0.3) is 0 Å². The lowest BCUT2D eigenvalue weighted by Crippen LogP contribution is -2.30. The number of nitrogens with one attached hydrogen (secondary N) is 2. The number of aromatic nitrogens is 3. The summed E-state index contributed by atoms with van der Waals surface area (Å²) in [6.45, 7) is 1.95. The van der Waals surface area contributed by atoms with Gasteiger partial charge in [0, 0.05) is 31.3 Å². The molecule has 7 heteroatoms. The second kappa shape index (κ2) is 6.65. The van der Waals surface area contributed by atoms with E-state index in [9.17, 15) is 9.59 Å². The third-order valence-electron chi connectivity index (χ3n) is 2.83. The van der Waals surface area contributed by atoms with Gasteiger partial charge in [-0.05, 0) is 31.2 Å². The number of anilines is 1. The molecule has 2 rings (SSSR count). The van der Waals surface area contributed by atoms with Crippen LogP contribution in [-0.2, 0) is 13.5 Å². The number of benzene rings is 1. The van der Waals surface area contributed by atoms with E-state index in [2.05, 4.69) is 20.7 Å². The quantitative estimate of drug-likeness (QED) is 0.813. The van der Waals surface area contributed by atoms with Crippen molar-refractivity contribution in [3.8, 4) is 0 Å². The van der Waals surface area contributed by atoms with Gasteiger partial charge in [-0.1, -0.05) is 0 Å². The summed E-state index contributed by atoms with van der Waals surface area (Å²) >= 11 is 0. The number of amides is 2. The lowest BCUT2D eigenvalue weighted by molar-refractivity contribution is 0.101. The van der Waals surface area contributed by atoms with E-state index in [-0.39, 0.29) is 11.8 Å². The van der Waals surface area contributed by atoms with Crippen LogP contribution in [0, 0.1) is 0 Å². The molecular formula is C14H17N5O2.